The summed E-state index contributed by atoms with van der Waals surface area (Å²) < 4.78 is 0. The summed E-state index contributed by atoms with van der Waals surface area (Å²) in [5, 5.41) is 3.57. The monoisotopic (exact) mass is 267 g/mol. The van der Waals surface area contributed by atoms with Crippen LogP contribution < -0.4 is 5.32 Å². The minimum absolute atomic E-state index is 0.0681. The van der Waals surface area contributed by atoms with Gasteiger partial charge in [-0.3, -0.25) is 4.90 Å². The maximum absolute atomic E-state index is 4.20. The molecule has 1 fully saturated rings. The van der Waals surface area contributed by atoms with Crippen LogP contribution in [-0.4, -0.2) is 41.1 Å². The Kier molecular flexibility index (Phi) is 4.61. The number of nitrogens with one attached hydrogen (secondary N) is 1. The van der Waals surface area contributed by atoms with E-state index in [4.69, 9.17) is 0 Å². The van der Waals surface area contributed by atoms with Crippen molar-refractivity contribution in [2.75, 3.05) is 14.1 Å². The second-order valence-corrected chi connectivity index (χ2v) is 7.60. The minimum atomic E-state index is -0.0681. The molecular weight excluding hydrogens is 234 g/mol. The number of rotatable bonds is 2. The van der Waals surface area contributed by atoms with Crippen molar-refractivity contribution in [1.29, 1.82) is 0 Å². The lowest BCUT2D eigenvalue weighted by molar-refractivity contribution is 0.00260. The van der Waals surface area contributed by atoms with Crippen LogP contribution in [0.25, 0.3) is 0 Å². The lowest BCUT2D eigenvalue weighted by Gasteiger charge is -2.52. The van der Waals surface area contributed by atoms with Gasteiger partial charge < -0.3 is 10.2 Å². The van der Waals surface area contributed by atoms with Gasteiger partial charge in [0.1, 0.15) is 0 Å². The fourth-order valence-corrected chi connectivity index (χ4v) is 2.98. The minimum Gasteiger partial charge on any atom is -0.357 e. The Bertz CT molecular complexity index is 329. The van der Waals surface area contributed by atoms with Gasteiger partial charge in [0.15, 0.2) is 0 Å². The van der Waals surface area contributed by atoms with Crippen LogP contribution in [0.1, 0.15) is 54.4 Å². The third kappa shape index (κ3) is 3.65. The van der Waals surface area contributed by atoms with Crippen LogP contribution in [0, 0.1) is 5.92 Å². The predicted molar refractivity (Wildman–Crippen MR) is 83.8 cm³/mol. The van der Waals surface area contributed by atoms with Crippen molar-refractivity contribution in [2.24, 2.45) is 5.92 Å². The molecule has 0 bridgehead atoms. The molecule has 0 aromatic heterocycles. The van der Waals surface area contributed by atoms with Crippen LogP contribution in [0.2, 0.25) is 0 Å². The second-order valence-electron chi connectivity index (χ2n) is 7.60. The Balaban J connectivity index is 3.07. The van der Waals surface area contributed by atoms with Gasteiger partial charge in [0, 0.05) is 18.6 Å². The van der Waals surface area contributed by atoms with Crippen molar-refractivity contribution >= 4 is 0 Å². The summed E-state index contributed by atoms with van der Waals surface area (Å²) in [6.07, 6.45) is 2.38. The van der Waals surface area contributed by atoms with Crippen LogP contribution in [0.3, 0.4) is 0 Å². The van der Waals surface area contributed by atoms with E-state index in [1.54, 1.807) is 0 Å². The largest absolute Gasteiger partial charge is 0.357 e. The Morgan fingerprint density at radius 1 is 1.26 bits per heavy atom. The standard InChI is InChI=1S/C16H33N3/c1-12(2)10-14-11-15(4,5)18(8)13(3)17-16(6,7)19(14)9/h12,14,17H,3,10-11H2,1-2,4-9H3. The highest BCUT2D eigenvalue weighted by Gasteiger charge is 2.39. The molecule has 1 aliphatic rings. The van der Waals surface area contributed by atoms with Gasteiger partial charge in [0.25, 0.3) is 0 Å². The molecule has 3 nitrogen and oxygen atoms in total. The highest BCUT2D eigenvalue weighted by atomic mass is 15.4. The summed E-state index contributed by atoms with van der Waals surface area (Å²) in [5.74, 6) is 1.72. The van der Waals surface area contributed by atoms with E-state index in [2.05, 4.69) is 77.3 Å². The average Bonchev–Trinajstić information content (AvgIpc) is 2.23. The summed E-state index contributed by atoms with van der Waals surface area (Å²) in [6, 6.07) is 0.577. The highest BCUT2D eigenvalue weighted by molar-refractivity contribution is 5.05. The van der Waals surface area contributed by atoms with Crippen LogP contribution in [0.15, 0.2) is 12.4 Å². The molecular formula is C16H33N3. The van der Waals surface area contributed by atoms with E-state index in [1.807, 2.05) is 0 Å². The van der Waals surface area contributed by atoms with Crippen LogP contribution >= 0.6 is 0 Å². The first-order valence-corrected chi connectivity index (χ1v) is 7.41. The molecule has 1 saturated heterocycles. The van der Waals surface area contributed by atoms with Gasteiger partial charge in [-0.1, -0.05) is 20.4 Å². The molecule has 0 saturated carbocycles. The van der Waals surface area contributed by atoms with Crippen LogP contribution in [0.5, 0.6) is 0 Å². The van der Waals surface area contributed by atoms with E-state index in [-0.39, 0.29) is 11.2 Å². The first-order valence-electron chi connectivity index (χ1n) is 7.41. The van der Waals surface area contributed by atoms with E-state index in [9.17, 15) is 0 Å². The highest BCUT2D eigenvalue weighted by Crippen LogP contribution is 2.32. The topological polar surface area (TPSA) is 18.5 Å². The van der Waals surface area contributed by atoms with Gasteiger partial charge in [-0.05, 0) is 53.5 Å². The fraction of sp³-hybridized carbons (Fsp3) is 0.875. The second kappa shape index (κ2) is 5.35. The normalized spacial score (nSPS) is 27.9. The molecule has 1 aliphatic heterocycles. The molecule has 1 heterocycles. The van der Waals surface area contributed by atoms with E-state index < -0.39 is 0 Å². The van der Waals surface area contributed by atoms with Crippen molar-refractivity contribution in [3.05, 3.63) is 12.4 Å². The van der Waals surface area contributed by atoms with Crippen molar-refractivity contribution in [2.45, 2.75) is 71.6 Å². The molecule has 0 aromatic carbocycles. The molecule has 1 N–H and O–H groups in total. The SMILES string of the molecule is C=C1NC(C)(C)N(C)C(CC(C)C)CC(C)(C)N1C. The molecule has 0 spiro atoms. The number of nitrogens with zero attached hydrogens (tertiary/aromatic N) is 2. The lowest BCUT2D eigenvalue weighted by Crippen LogP contribution is -2.63. The zero-order chi connectivity index (χ0) is 15.0. The van der Waals surface area contributed by atoms with Gasteiger partial charge >= 0.3 is 0 Å². The maximum atomic E-state index is 4.20. The summed E-state index contributed by atoms with van der Waals surface area (Å²) in [6.45, 7) is 17.9. The first-order chi connectivity index (χ1) is 8.47. The van der Waals surface area contributed by atoms with Gasteiger partial charge in [-0.2, -0.15) is 0 Å². The van der Waals surface area contributed by atoms with Gasteiger partial charge in [-0.25, -0.2) is 0 Å². The lowest BCUT2D eigenvalue weighted by atomic mass is 9.86. The summed E-state index contributed by atoms with van der Waals surface area (Å²) in [5.41, 5.74) is 0.0514. The molecule has 19 heavy (non-hydrogen) atoms. The quantitative estimate of drug-likeness (QED) is 0.828. The fourth-order valence-electron chi connectivity index (χ4n) is 2.98. The summed E-state index contributed by atoms with van der Waals surface area (Å²) in [4.78, 5) is 4.77. The Labute approximate surface area is 120 Å². The smallest absolute Gasteiger partial charge is 0.0954 e. The summed E-state index contributed by atoms with van der Waals surface area (Å²) >= 11 is 0. The van der Waals surface area contributed by atoms with Gasteiger partial charge in [0.05, 0.1) is 11.5 Å². The average molecular weight is 267 g/mol. The van der Waals surface area contributed by atoms with E-state index >= 15 is 0 Å². The number of hydrogen-bond donors (Lipinski definition) is 1. The summed E-state index contributed by atoms with van der Waals surface area (Å²) in [7, 11) is 4.37. The van der Waals surface area contributed by atoms with E-state index in [0.717, 1.165) is 12.2 Å². The third-order valence-corrected chi connectivity index (χ3v) is 4.67. The molecule has 0 radical (unpaired) electrons. The van der Waals surface area contributed by atoms with Crippen molar-refractivity contribution in [1.82, 2.24) is 15.1 Å². The van der Waals surface area contributed by atoms with E-state index in [1.165, 1.54) is 6.42 Å². The van der Waals surface area contributed by atoms with Crippen LogP contribution in [0.4, 0.5) is 0 Å². The Morgan fingerprint density at radius 3 is 2.26 bits per heavy atom. The third-order valence-electron chi connectivity index (χ3n) is 4.67. The molecule has 0 amide bonds. The molecule has 1 unspecified atom stereocenters. The Morgan fingerprint density at radius 2 is 1.79 bits per heavy atom. The van der Waals surface area contributed by atoms with Crippen molar-refractivity contribution in [3.8, 4) is 0 Å². The Hall–Kier alpha value is -0.700. The molecule has 1 atom stereocenters. The maximum Gasteiger partial charge on any atom is 0.0954 e. The molecule has 112 valence electrons. The molecule has 1 rings (SSSR count). The zero-order valence-corrected chi connectivity index (χ0v) is 14.2. The van der Waals surface area contributed by atoms with Crippen LogP contribution in [-0.2, 0) is 0 Å². The number of hydrogen-bond acceptors (Lipinski definition) is 3. The van der Waals surface area contributed by atoms with Gasteiger partial charge in [0.2, 0.25) is 0 Å². The van der Waals surface area contributed by atoms with Crippen molar-refractivity contribution in [3.63, 3.8) is 0 Å². The van der Waals surface area contributed by atoms with Gasteiger partial charge in [-0.15, -0.1) is 0 Å². The molecule has 0 aliphatic carbocycles. The zero-order valence-electron chi connectivity index (χ0n) is 14.2. The molecule has 0 aromatic rings. The van der Waals surface area contributed by atoms with Crippen molar-refractivity contribution < 1.29 is 0 Å². The molecule has 3 heteroatoms. The predicted octanol–water partition coefficient (Wildman–Crippen LogP) is 3.24. The first kappa shape index (κ1) is 16.4. The van der Waals surface area contributed by atoms with E-state index in [0.29, 0.717) is 12.0 Å².